The molecular weight excluding hydrogens is 374 g/mol. The number of hydrogen-bond donors (Lipinski definition) is 1. The lowest BCUT2D eigenvalue weighted by Gasteiger charge is -2.12. The van der Waals surface area contributed by atoms with E-state index in [0.717, 1.165) is 11.1 Å². The molecule has 3 aromatic carbocycles. The van der Waals surface area contributed by atoms with Crippen molar-refractivity contribution >= 4 is 28.4 Å². The first-order chi connectivity index (χ1) is 13.6. The smallest absolute Gasteiger partial charge is 0.339 e. The number of esters is 1. The Bertz CT molecular complexity index is 1020. The number of carbonyl (C=O) groups is 2. The third-order valence-corrected chi connectivity index (χ3v) is 5.01. The Morgan fingerprint density at radius 3 is 2.29 bits per heavy atom. The minimum atomic E-state index is -1.33. The van der Waals surface area contributed by atoms with E-state index in [1.807, 2.05) is 48.5 Å². The number of benzene rings is 3. The molecule has 142 valence electrons. The number of carbonyl (C=O) groups excluding carboxylic acids is 2. The fourth-order valence-corrected chi connectivity index (χ4v) is 3.47. The Balaban J connectivity index is 1.68. The van der Waals surface area contributed by atoms with Crippen molar-refractivity contribution in [1.82, 2.24) is 0 Å². The first-order valence-electron chi connectivity index (χ1n) is 8.60. The number of nitrogens with one attached hydrogen (secondary N) is 1. The summed E-state index contributed by atoms with van der Waals surface area (Å²) in [4.78, 5) is 25.0. The quantitative estimate of drug-likeness (QED) is 0.645. The molecule has 0 aromatic heterocycles. The van der Waals surface area contributed by atoms with Crippen LogP contribution in [0.15, 0.2) is 83.8 Å². The third-order valence-electron chi connectivity index (χ3n) is 4.04. The molecule has 0 saturated carbocycles. The number of rotatable bonds is 6. The summed E-state index contributed by atoms with van der Waals surface area (Å²) in [5.74, 6) is -1.14. The summed E-state index contributed by atoms with van der Waals surface area (Å²) in [5.41, 5.74) is 2.66. The van der Waals surface area contributed by atoms with Crippen molar-refractivity contribution in [2.75, 3.05) is 18.2 Å². The zero-order valence-electron chi connectivity index (χ0n) is 15.3. The normalized spacial score (nSPS) is 11.5. The standard InChI is InChI=1S/C22H19NO4S/c1-28(26)20-14-8-6-12-18(20)22(25)27-15-21(24)23-19-13-7-5-11-17(19)16-9-3-2-4-10-16/h2-14H,15H2,1H3,(H,23,24)/t28-/m1/s1. The molecule has 0 spiro atoms. The maximum absolute atomic E-state index is 12.3. The van der Waals surface area contributed by atoms with Crippen LogP contribution >= 0.6 is 0 Å². The highest BCUT2D eigenvalue weighted by molar-refractivity contribution is 7.84. The van der Waals surface area contributed by atoms with Gasteiger partial charge in [0.05, 0.1) is 21.3 Å². The van der Waals surface area contributed by atoms with E-state index >= 15 is 0 Å². The molecule has 0 radical (unpaired) electrons. The second-order valence-corrected chi connectivity index (χ2v) is 7.33. The van der Waals surface area contributed by atoms with E-state index in [2.05, 4.69) is 5.32 Å². The van der Waals surface area contributed by atoms with Crippen LogP contribution in [0.4, 0.5) is 5.69 Å². The summed E-state index contributed by atoms with van der Waals surface area (Å²) in [6.07, 6.45) is 1.49. The van der Waals surface area contributed by atoms with Gasteiger partial charge in [0.2, 0.25) is 0 Å². The van der Waals surface area contributed by atoms with Crippen molar-refractivity contribution in [3.05, 3.63) is 84.4 Å². The molecule has 3 rings (SSSR count). The maximum atomic E-state index is 12.3. The van der Waals surface area contributed by atoms with E-state index < -0.39 is 29.3 Å². The summed E-state index contributed by atoms with van der Waals surface area (Å²) >= 11 is 0. The van der Waals surface area contributed by atoms with E-state index in [-0.39, 0.29) is 5.56 Å². The monoisotopic (exact) mass is 393 g/mol. The second-order valence-electron chi connectivity index (χ2n) is 5.99. The molecule has 3 aromatic rings. The molecule has 28 heavy (non-hydrogen) atoms. The number of ether oxygens (including phenoxy) is 1. The highest BCUT2D eigenvalue weighted by atomic mass is 32.2. The molecule has 0 heterocycles. The lowest BCUT2D eigenvalue weighted by molar-refractivity contribution is -0.119. The lowest BCUT2D eigenvalue weighted by Crippen LogP contribution is -2.21. The fourth-order valence-electron chi connectivity index (χ4n) is 2.74. The zero-order valence-corrected chi connectivity index (χ0v) is 16.1. The van der Waals surface area contributed by atoms with Crippen molar-refractivity contribution < 1.29 is 18.5 Å². The van der Waals surface area contributed by atoms with Gasteiger partial charge in [-0.3, -0.25) is 9.00 Å². The lowest BCUT2D eigenvalue weighted by atomic mass is 10.0. The van der Waals surface area contributed by atoms with Crippen LogP contribution in [0.1, 0.15) is 10.4 Å². The Labute approximate surface area is 165 Å². The van der Waals surface area contributed by atoms with Gasteiger partial charge in [-0.2, -0.15) is 0 Å². The largest absolute Gasteiger partial charge is 0.452 e. The average molecular weight is 393 g/mol. The predicted octanol–water partition coefficient (Wildman–Crippen LogP) is 3.89. The van der Waals surface area contributed by atoms with Crippen molar-refractivity contribution in [2.24, 2.45) is 0 Å². The van der Waals surface area contributed by atoms with E-state index in [1.165, 1.54) is 12.3 Å². The van der Waals surface area contributed by atoms with Crippen LogP contribution < -0.4 is 5.32 Å². The van der Waals surface area contributed by atoms with Crippen LogP contribution in [0.2, 0.25) is 0 Å². The number of para-hydroxylation sites is 1. The van der Waals surface area contributed by atoms with Gasteiger partial charge in [0, 0.05) is 17.5 Å². The van der Waals surface area contributed by atoms with Crippen LogP contribution in [-0.2, 0) is 20.3 Å². The Morgan fingerprint density at radius 1 is 0.893 bits per heavy atom. The molecule has 0 unspecified atom stereocenters. The number of amides is 1. The van der Waals surface area contributed by atoms with Gasteiger partial charge >= 0.3 is 5.97 Å². The van der Waals surface area contributed by atoms with Gasteiger partial charge in [0.1, 0.15) is 0 Å². The average Bonchev–Trinajstić information content (AvgIpc) is 2.73. The Morgan fingerprint density at radius 2 is 1.54 bits per heavy atom. The second kappa shape index (κ2) is 9.10. The molecule has 1 atom stereocenters. The molecule has 0 fully saturated rings. The van der Waals surface area contributed by atoms with E-state index in [1.54, 1.807) is 24.3 Å². The van der Waals surface area contributed by atoms with Gasteiger partial charge in [0.15, 0.2) is 6.61 Å². The fraction of sp³-hybridized carbons (Fsp3) is 0.0909. The zero-order chi connectivity index (χ0) is 19.9. The van der Waals surface area contributed by atoms with Crippen molar-refractivity contribution in [2.45, 2.75) is 4.90 Å². The molecular formula is C22H19NO4S. The summed E-state index contributed by atoms with van der Waals surface area (Å²) in [6, 6.07) is 23.6. The third kappa shape index (κ3) is 4.72. The van der Waals surface area contributed by atoms with Crippen LogP contribution in [0.3, 0.4) is 0 Å². The van der Waals surface area contributed by atoms with Crippen LogP contribution in [0.5, 0.6) is 0 Å². The first kappa shape index (κ1) is 19.5. The van der Waals surface area contributed by atoms with Crippen molar-refractivity contribution in [1.29, 1.82) is 0 Å². The molecule has 0 aliphatic rings. The molecule has 0 aliphatic carbocycles. The van der Waals surface area contributed by atoms with Gasteiger partial charge in [-0.1, -0.05) is 60.7 Å². The van der Waals surface area contributed by atoms with E-state index in [0.29, 0.717) is 10.6 Å². The molecule has 1 N–H and O–H groups in total. The Hall–Kier alpha value is -3.25. The topological polar surface area (TPSA) is 72.5 Å². The molecule has 0 saturated heterocycles. The summed E-state index contributed by atoms with van der Waals surface area (Å²) in [5, 5.41) is 2.78. The molecule has 6 heteroatoms. The van der Waals surface area contributed by atoms with Gasteiger partial charge < -0.3 is 10.1 Å². The first-order valence-corrected chi connectivity index (χ1v) is 10.2. The van der Waals surface area contributed by atoms with Crippen molar-refractivity contribution in [3.63, 3.8) is 0 Å². The van der Waals surface area contributed by atoms with Gasteiger partial charge in [0.25, 0.3) is 5.91 Å². The van der Waals surface area contributed by atoms with Crippen LogP contribution in [-0.4, -0.2) is 28.9 Å². The minimum Gasteiger partial charge on any atom is -0.452 e. The summed E-state index contributed by atoms with van der Waals surface area (Å²) in [7, 11) is -1.33. The highest BCUT2D eigenvalue weighted by Crippen LogP contribution is 2.27. The van der Waals surface area contributed by atoms with Crippen LogP contribution in [0.25, 0.3) is 11.1 Å². The van der Waals surface area contributed by atoms with Gasteiger partial charge in [-0.15, -0.1) is 0 Å². The Kier molecular flexibility index (Phi) is 6.34. The van der Waals surface area contributed by atoms with Gasteiger partial charge in [-0.25, -0.2) is 4.79 Å². The number of anilines is 1. The molecule has 1 amide bonds. The predicted molar refractivity (Wildman–Crippen MR) is 110 cm³/mol. The molecule has 5 nitrogen and oxygen atoms in total. The minimum absolute atomic E-state index is 0.195. The van der Waals surface area contributed by atoms with E-state index in [9.17, 15) is 13.8 Å². The summed E-state index contributed by atoms with van der Waals surface area (Å²) < 4.78 is 16.9. The summed E-state index contributed by atoms with van der Waals surface area (Å²) in [6.45, 7) is -0.438. The molecule has 0 aliphatic heterocycles. The SMILES string of the molecule is C[S@@](=O)c1ccccc1C(=O)OCC(=O)Nc1ccccc1-c1ccccc1. The number of hydrogen-bond acceptors (Lipinski definition) is 4. The van der Waals surface area contributed by atoms with Crippen molar-refractivity contribution in [3.8, 4) is 11.1 Å². The molecule has 0 bridgehead atoms. The maximum Gasteiger partial charge on any atom is 0.339 e. The van der Waals surface area contributed by atoms with E-state index in [4.69, 9.17) is 4.74 Å². The van der Waals surface area contributed by atoms with Crippen LogP contribution in [0, 0.1) is 0 Å². The highest BCUT2D eigenvalue weighted by Gasteiger charge is 2.16. The van der Waals surface area contributed by atoms with Gasteiger partial charge in [-0.05, 0) is 23.8 Å².